The molecule has 0 bridgehead atoms. The largest absolute Gasteiger partial charge is 0.368 e. The lowest BCUT2D eigenvalue weighted by molar-refractivity contribution is 0.602. The highest BCUT2D eigenvalue weighted by Gasteiger charge is 2.14. The lowest BCUT2D eigenvalue weighted by atomic mass is 10.0. The third-order valence-corrected chi connectivity index (χ3v) is 4.80. The summed E-state index contributed by atoms with van der Waals surface area (Å²) in [5.74, 6) is -0.277. The number of aromatic nitrogens is 3. The SMILES string of the molecule is CS(=O)(=O)c1ccc(-c2c(F)cc(Nc3n[nH]c(N)n3)cc2Cl)cc1. The van der Waals surface area contributed by atoms with Crippen LogP contribution in [0.3, 0.4) is 0 Å². The van der Waals surface area contributed by atoms with Crippen LogP contribution >= 0.6 is 11.6 Å². The number of nitrogens with one attached hydrogen (secondary N) is 2. The molecule has 2 aromatic carbocycles. The molecule has 0 fully saturated rings. The Morgan fingerprint density at radius 2 is 1.92 bits per heavy atom. The van der Waals surface area contributed by atoms with E-state index in [-0.39, 0.29) is 27.4 Å². The van der Waals surface area contributed by atoms with E-state index in [1.54, 1.807) is 0 Å². The van der Waals surface area contributed by atoms with Crippen LogP contribution in [0, 0.1) is 5.82 Å². The molecule has 0 amide bonds. The molecule has 0 unspecified atom stereocenters. The first-order chi connectivity index (χ1) is 11.7. The van der Waals surface area contributed by atoms with Gasteiger partial charge in [-0.3, -0.25) is 0 Å². The minimum Gasteiger partial charge on any atom is -0.368 e. The fourth-order valence-corrected chi connectivity index (χ4v) is 3.20. The van der Waals surface area contributed by atoms with Crippen molar-refractivity contribution in [2.24, 2.45) is 0 Å². The van der Waals surface area contributed by atoms with Gasteiger partial charge < -0.3 is 11.1 Å². The molecule has 0 spiro atoms. The van der Waals surface area contributed by atoms with Gasteiger partial charge in [0, 0.05) is 17.5 Å². The first-order valence-corrected chi connectivity index (χ1v) is 9.25. The second kappa shape index (κ2) is 6.34. The lowest BCUT2D eigenvalue weighted by Crippen LogP contribution is -1.97. The molecule has 0 atom stereocenters. The topological polar surface area (TPSA) is 114 Å². The molecule has 25 heavy (non-hydrogen) atoms. The smallest absolute Gasteiger partial charge is 0.248 e. The number of sulfone groups is 1. The number of nitrogens with two attached hydrogens (primary N) is 1. The van der Waals surface area contributed by atoms with Crippen LogP contribution < -0.4 is 11.1 Å². The fourth-order valence-electron chi connectivity index (χ4n) is 2.25. The molecular weight excluding hydrogens is 369 g/mol. The molecule has 0 aliphatic carbocycles. The van der Waals surface area contributed by atoms with Crippen LogP contribution in [0.15, 0.2) is 41.3 Å². The average molecular weight is 382 g/mol. The van der Waals surface area contributed by atoms with E-state index in [4.69, 9.17) is 17.3 Å². The van der Waals surface area contributed by atoms with Gasteiger partial charge >= 0.3 is 0 Å². The Labute approximate surface area is 148 Å². The maximum atomic E-state index is 14.5. The van der Waals surface area contributed by atoms with E-state index in [9.17, 15) is 12.8 Å². The summed E-state index contributed by atoms with van der Waals surface area (Å²) in [5.41, 5.74) is 6.40. The number of hydrogen-bond acceptors (Lipinski definition) is 6. The average Bonchev–Trinajstić information content (AvgIpc) is 2.91. The highest BCUT2D eigenvalue weighted by atomic mass is 35.5. The third kappa shape index (κ3) is 3.72. The lowest BCUT2D eigenvalue weighted by Gasteiger charge is -2.10. The van der Waals surface area contributed by atoms with Gasteiger partial charge in [0.1, 0.15) is 5.82 Å². The Morgan fingerprint density at radius 3 is 2.44 bits per heavy atom. The van der Waals surface area contributed by atoms with Crippen LogP contribution in [-0.2, 0) is 9.84 Å². The molecular formula is C15H13ClFN5O2S. The van der Waals surface area contributed by atoms with Crippen LogP contribution in [0.25, 0.3) is 11.1 Å². The quantitative estimate of drug-likeness (QED) is 0.640. The van der Waals surface area contributed by atoms with E-state index in [2.05, 4.69) is 20.5 Å². The molecule has 3 aromatic rings. The number of nitrogen functional groups attached to an aromatic ring is 1. The third-order valence-electron chi connectivity index (χ3n) is 3.37. The predicted octanol–water partition coefficient (Wildman–Crippen LogP) is 2.99. The van der Waals surface area contributed by atoms with Crippen LogP contribution in [0.2, 0.25) is 5.02 Å². The van der Waals surface area contributed by atoms with Gasteiger partial charge in [0.2, 0.25) is 11.9 Å². The van der Waals surface area contributed by atoms with Crippen molar-refractivity contribution in [2.45, 2.75) is 4.90 Å². The van der Waals surface area contributed by atoms with E-state index >= 15 is 0 Å². The normalized spacial score (nSPS) is 11.5. The van der Waals surface area contributed by atoms with Gasteiger partial charge in [-0.2, -0.15) is 4.98 Å². The summed E-state index contributed by atoms with van der Waals surface area (Å²) in [7, 11) is -3.33. The van der Waals surface area contributed by atoms with Gasteiger partial charge in [-0.05, 0) is 29.8 Å². The van der Waals surface area contributed by atoms with Crippen LogP contribution in [0.1, 0.15) is 0 Å². The first-order valence-electron chi connectivity index (χ1n) is 6.98. The fraction of sp³-hybridized carbons (Fsp3) is 0.0667. The van der Waals surface area contributed by atoms with Gasteiger partial charge in [0.15, 0.2) is 9.84 Å². The van der Waals surface area contributed by atoms with Crippen molar-refractivity contribution >= 4 is 39.0 Å². The number of halogens is 2. The minimum absolute atomic E-state index is 0.122. The molecule has 10 heteroatoms. The van der Waals surface area contributed by atoms with Crippen molar-refractivity contribution in [1.29, 1.82) is 0 Å². The van der Waals surface area contributed by atoms with E-state index in [1.807, 2.05) is 0 Å². The van der Waals surface area contributed by atoms with Crippen LogP contribution in [0.5, 0.6) is 0 Å². The van der Waals surface area contributed by atoms with Crippen LogP contribution in [0.4, 0.5) is 22.0 Å². The Morgan fingerprint density at radius 1 is 1.24 bits per heavy atom. The summed E-state index contributed by atoms with van der Waals surface area (Å²) in [6.45, 7) is 0. The van der Waals surface area contributed by atoms with Gasteiger partial charge in [0.25, 0.3) is 0 Å². The summed E-state index contributed by atoms with van der Waals surface area (Å²) in [6.07, 6.45) is 1.10. The van der Waals surface area contributed by atoms with E-state index < -0.39 is 15.7 Å². The summed E-state index contributed by atoms with van der Waals surface area (Å²) in [5, 5.41) is 9.17. The standard InChI is InChI=1S/C15H13ClFN5O2S/c1-25(23,24)10-4-2-8(3-5-10)13-11(16)6-9(7-12(13)17)19-15-20-14(18)21-22-15/h2-7H,1H3,(H4,18,19,20,21,22). The van der Waals surface area contributed by atoms with Crippen molar-refractivity contribution in [3.05, 3.63) is 47.2 Å². The molecule has 0 saturated carbocycles. The van der Waals surface area contributed by atoms with Crippen molar-refractivity contribution < 1.29 is 12.8 Å². The second-order valence-electron chi connectivity index (χ2n) is 5.28. The molecule has 7 nitrogen and oxygen atoms in total. The van der Waals surface area contributed by atoms with Crippen molar-refractivity contribution in [3.63, 3.8) is 0 Å². The first kappa shape index (κ1) is 17.2. The maximum Gasteiger partial charge on any atom is 0.248 e. The summed E-state index contributed by atoms with van der Waals surface area (Å²) < 4.78 is 37.5. The Kier molecular flexibility index (Phi) is 4.36. The van der Waals surface area contributed by atoms with Crippen molar-refractivity contribution in [3.8, 4) is 11.1 Å². The van der Waals surface area contributed by atoms with E-state index in [1.165, 1.54) is 36.4 Å². The zero-order valence-electron chi connectivity index (χ0n) is 12.9. The number of hydrogen-bond donors (Lipinski definition) is 3. The summed E-state index contributed by atoms with van der Waals surface area (Å²) >= 11 is 6.20. The Balaban J connectivity index is 1.95. The second-order valence-corrected chi connectivity index (χ2v) is 7.70. The number of rotatable bonds is 4. The van der Waals surface area contributed by atoms with E-state index in [0.717, 1.165) is 6.26 Å². The monoisotopic (exact) mass is 381 g/mol. The summed E-state index contributed by atoms with van der Waals surface area (Å²) in [6, 6.07) is 8.56. The number of H-pyrrole nitrogens is 1. The molecule has 1 aromatic heterocycles. The number of aromatic amines is 1. The zero-order valence-corrected chi connectivity index (χ0v) is 14.5. The highest BCUT2D eigenvalue weighted by Crippen LogP contribution is 2.34. The van der Waals surface area contributed by atoms with Crippen LogP contribution in [-0.4, -0.2) is 29.9 Å². The van der Waals surface area contributed by atoms with Crippen molar-refractivity contribution in [1.82, 2.24) is 15.2 Å². The summed E-state index contributed by atoms with van der Waals surface area (Å²) in [4.78, 5) is 4.00. The Bertz CT molecular complexity index is 1010. The van der Waals surface area contributed by atoms with E-state index in [0.29, 0.717) is 11.3 Å². The van der Waals surface area contributed by atoms with Gasteiger partial charge in [-0.1, -0.05) is 23.7 Å². The predicted molar refractivity (Wildman–Crippen MR) is 94.0 cm³/mol. The molecule has 1 heterocycles. The van der Waals surface area contributed by atoms with Gasteiger partial charge in [-0.25, -0.2) is 17.9 Å². The van der Waals surface area contributed by atoms with Gasteiger partial charge in [-0.15, -0.1) is 5.10 Å². The number of nitrogens with zero attached hydrogens (tertiary/aromatic N) is 2. The number of benzene rings is 2. The molecule has 0 saturated heterocycles. The maximum absolute atomic E-state index is 14.5. The number of anilines is 3. The minimum atomic E-state index is -3.33. The highest BCUT2D eigenvalue weighted by molar-refractivity contribution is 7.90. The van der Waals surface area contributed by atoms with Gasteiger partial charge in [0.05, 0.1) is 9.92 Å². The van der Waals surface area contributed by atoms with Crippen molar-refractivity contribution in [2.75, 3.05) is 17.3 Å². The Hall–Kier alpha value is -2.65. The molecule has 4 N–H and O–H groups in total. The molecule has 3 rings (SSSR count). The molecule has 130 valence electrons. The molecule has 0 radical (unpaired) electrons. The zero-order chi connectivity index (χ0) is 18.2. The molecule has 0 aliphatic heterocycles. The molecule has 0 aliphatic rings.